The molecule has 0 aromatic heterocycles. The van der Waals surface area contributed by atoms with Crippen LogP contribution in [-0.4, -0.2) is 17.0 Å². The van der Waals surface area contributed by atoms with Crippen molar-refractivity contribution < 1.29 is 12.4 Å². The van der Waals surface area contributed by atoms with Crippen LogP contribution in [0.15, 0.2) is 4.99 Å². The highest BCUT2D eigenvalue weighted by atomic mass is 35.5. The summed E-state index contributed by atoms with van der Waals surface area (Å²) in [5.41, 5.74) is 5.34. The van der Waals surface area contributed by atoms with Gasteiger partial charge in [0.05, 0.1) is 6.54 Å². The molecular weight excluding hydrogens is 144 g/mol. The van der Waals surface area contributed by atoms with Crippen molar-refractivity contribution in [2.24, 2.45) is 10.7 Å². The molecule has 0 aliphatic carbocycles. The molecule has 2 nitrogen and oxygen atoms in total. The van der Waals surface area contributed by atoms with E-state index in [-0.39, 0.29) is 12.4 Å². The summed E-state index contributed by atoms with van der Waals surface area (Å²) in [5.74, 6) is 0. The van der Waals surface area contributed by atoms with Gasteiger partial charge in [0, 0.05) is 5.25 Å². The molecule has 0 saturated heterocycles. The summed E-state index contributed by atoms with van der Waals surface area (Å²) in [5, 5.41) is 1.35. The Labute approximate surface area is 59.3 Å². The summed E-state index contributed by atoms with van der Waals surface area (Å²) in [7, 11) is 0. The molecule has 48 valence electrons. The minimum Gasteiger partial charge on any atom is -1.00 e. The van der Waals surface area contributed by atoms with Gasteiger partial charge in [0.25, 0.3) is 0 Å². The van der Waals surface area contributed by atoms with Crippen LogP contribution < -0.4 is 18.1 Å². The van der Waals surface area contributed by atoms with Gasteiger partial charge in [-0.25, -0.2) is 0 Å². The Hall–Kier alpha value is 0.110. The Morgan fingerprint density at radius 3 is 2.62 bits per heavy atom. The fraction of sp³-hybridized carbons (Fsp3) is 0.750. The summed E-state index contributed by atoms with van der Waals surface area (Å²) < 4.78 is 0. The van der Waals surface area contributed by atoms with Crippen molar-refractivity contribution in [3.63, 3.8) is 0 Å². The van der Waals surface area contributed by atoms with E-state index >= 15 is 0 Å². The van der Waals surface area contributed by atoms with Crippen molar-refractivity contribution >= 4 is 16.9 Å². The molecule has 1 unspecified atom stereocenters. The monoisotopic (exact) mass is 151 g/mol. The van der Waals surface area contributed by atoms with Gasteiger partial charge < -0.3 is 18.1 Å². The zero-order valence-corrected chi connectivity index (χ0v) is 6.17. The highest BCUT2D eigenvalue weighted by Gasteiger charge is 2.10. The maximum atomic E-state index is 5.34. The quantitative estimate of drug-likeness (QED) is 0.414. The van der Waals surface area contributed by atoms with Gasteiger partial charge >= 0.3 is 0 Å². The second-order valence-electron chi connectivity index (χ2n) is 1.61. The number of hydrogen-bond donors (Lipinski definition) is 1. The van der Waals surface area contributed by atoms with Crippen LogP contribution in [0.1, 0.15) is 6.92 Å². The van der Waals surface area contributed by atoms with E-state index in [9.17, 15) is 0 Å². The summed E-state index contributed by atoms with van der Waals surface area (Å²) in [6, 6.07) is 0. The first-order valence-electron chi connectivity index (χ1n) is 2.25. The average Bonchev–Trinajstić information content (AvgIpc) is 1.87. The van der Waals surface area contributed by atoms with Crippen LogP contribution in [-0.2, 0) is 0 Å². The van der Waals surface area contributed by atoms with E-state index in [2.05, 4.69) is 11.9 Å². The van der Waals surface area contributed by atoms with E-state index in [1.165, 1.54) is 0 Å². The Bertz CT molecular complexity index is 104. The zero-order chi connectivity index (χ0) is 5.28. The molecule has 0 radical (unpaired) electrons. The fourth-order valence-corrected chi connectivity index (χ4v) is 1.21. The van der Waals surface area contributed by atoms with Crippen molar-refractivity contribution in [3.8, 4) is 0 Å². The largest absolute Gasteiger partial charge is 1.00 e. The molecule has 2 N–H and O–H groups in total. The molecule has 1 heterocycles. The van der Waals surface area contributed by atoms with E-state index in [1.54, 1.807) is 11.8 Å². The van der Waals surface area contributed by atoms with Crippen LogP contribution in [0.2, 0.25) is 0 Å². The summed E-state index contributed by atoms with van der Waals surface area (Å²) in [6.45, 7) is 3.02. The first kappa shape index (κ1) is 8.11. The number of thioether (sulfide) groups is 1. The molecule has 0 spiro atoms. The predicted molar refractivity (Wildman–Crippen MR) is 33.5 cm³/mol. The van der Waals surface area contributed by atoms with Crippen molar-refractivity contribution in [2.75, 3.05) is 6.54 Å². The average molecular weight is 152 g/mol. The molecular formula is C4H8ClN2S-. The van der Waals surface area contributed by atoms with E-state index in [0.717, 1.165) is 11.7 Å². The number of hydrogen-bond acceptors (Lipinski definition) is 3. The Balaban J connectivity index is 0.000000490. The molecule has 1 rings (SSSR count). The van der Waals surface area contributed by atoms with Gasteiger partial charge in [0.15, 0.2) is 5.17 Å². The van der Waals surface area contributed by atoms with Crippen molar-refractivity contribution in [2.45, 2.75) is 12.2 Å². The minimum atomic E-state index is 0. The molecule has 0 saturated carbocycles. The summed E-state index contributed by atoms with van der Waals surface area (Å²) in [6.07, 6.45) is 0. The maximum absolute atomic E-state index is 5.34. The molecule has 0 aromatic carbocycles. The van der Waals surface area contributed by atoms with Crippen LogP contribution in [0.25, 0.3) is 0 Å². The lowest BCUT2D eigenvalue weighted by Gasteiger charge is -1.91. The van der Waals surface area contributed by atoms with E-state index in [4.69, 9.17) is 5.73 Å². The van der Waals surface area contributed by atoms with E-state index < -0.39 is 0 Å². The molecule has 1 atom stereocenters. The molecule has 0 fully saturated rings. The van der Waals surface area contributed by atoms with Crippen LogP contribution in [0.3, 0.4) is 0 Å². The number of halogens is 1. The lowest BCUT2D eigenvalue weighted by molar-refractivity contribution is -0.00000157. The maximum Gasteiger partial charge on any atom is 0.154 e. The Kier molecular flexibility index (Phi) is 3.24. The van der Waals surface area contributed by atoms with E-state index in [0.29, 0.717) is 5.25 Å². The number of amidine groups is 1. The third-order valence-electron chi connectivity index (χ3n) is 0.826. The van der Waals surface area contributed by atoms with Crippen LogP contribution in [0.4, 0.5) is 0 Å². The minimum absolute atomic E-state index is 0. The van der Waals surface area contributed by atoms with Gasteiger partial charge in [-0.05, 0) is 0 Å². The standard InChI is InChI=1S/C4H8N2S.ClH/c1-3-2-6-4(5)7-3;/h3H,2H2,1H3,(H2,5,6);1H/p-1. The van der Waals surface area contributed by atoms with Gasteiger partial charge in [0.2, 0.25) is 0 Å². The van der Waals surface area contributed by atoms with Crippen LogP contribution in [0.5, 0.6) is 0 Å². The van der Waals surface area contributed by atoms with Crippen LogP contribution in [0, 0.1) is 0 Å². The molecule has 4 heteroatoms. The van der Waals surface area contributed by atoms with Crippen LogP contribution >= 0.6 is 11.8 Å². The topological polar surface area (TPSA) is 38.4 Å². The third-order valence-corrected chi connectivity index (χ3v) is 1.75. The lowest BCUT2D eigenvalue weighted by Crippen LogP contribution is -3.00. The smallest absolute Gasteiger partial charge is 0.154 e. The highest BCUT2D eigenvalue weighted by Crippen LogP contribution is 2.16. The fourth-order valence-electron chi connectivity index (χ4n) is 0.499. The third kappa shape index (κ3) is 1.92. The molecule has 1 aliphatic rings. The first-order chi connectivity index (χ1) is 3.29. The van der Waals surface area contributed by atoms with Gasteiger partial charge in [-0.2, -0.15) is 0 Å². The second kappa shape index (κ2) is 3.20. The van der Waals surface area contributed by atoms with Gasteiger partial charge in [-0.1, -0.05) is 18.7 Å². The zero-order valence-electron chi connectivity index (χ0n) is 4.60. The van der Waals surface area contributed by atoms with Gasteiger partial charge in [-0.15, -0.1) is 0 Å². The molecule has 8 heavy (non-hydrogen) atoms. The first-order valence-corrected chi connectivity index (χ1v) is 3.13. The molecule has 1 aliphatic heterocycles. The Morgan fingerprint density at radius 1 is 1.88 bits per heavy atom. The van der Waals surface area contributed by atoms with Gasteiger partial charge in [-0.3, -0.25) is 4.99 Å². The predicted octanol–water partition coefficient (Wildman–Crippen LogP) is -2.56. The molecule has 0 amide bonds. The Morgan fingerprint density at radius 2 is 2.50 bits per heavy atom. The normalized spacial score (nSPS) is 26.6. The van der Waals surface area contributed by atoms with Gasteiger partial charge in [0.1, 0.15) is 0 Å². The van der Waals surface area contributed by atoms with E-state index in [1.807, 2.05) is 0 Å². The second-order valence-corrected chi connectivity index (χ2v) is 3.07. The number of rotatable bonds is 0. The molecule has 0 bridgehead atoms. The summed E-state index contributed by atoms with van der Waals surface area (Å²) >= 11 is 1.65. The molecule has 0 aromatic rings. The lowest BCUT2D eigenvalue weighted by atomic mass is 10.5. The SMILES string of the molecule is CC1CN=C(N)S1.[Cl-]. The van der Waals surface area contributed by atoms with Crippen molar-refractivity contribution in [1.82, 2.24) is 0 Å². The number of nitrogens with zero attached hydrogens (tertiary/aromatic N) is 1. The number of aliphatic imine (C=N–C) groups is 1. The summed E-state index contributed by atoms with van der Waals surface area (Å²) in [4.78, 5) is 3.97. The highest BCUT2D eigenvalue weighted by molar-refractivity contribution is 8.14. The van der Waals surface area contributed by atoms with Crippen molar-refractivity contribution in [3.05, 3.63) is 0 Å². The number of nitrogens with two attached hydrogens (primary N) is 1. The van der Waals surface area contributed by atoms with Crippen molar-refractivity contribution in [1.29, 1.82) is 0 Å².